The molecule has 5 aromatic rings. The summed E-state index contributed by atoms with van der Waals surface area (Å²) in [5, 5.41) is 8.95. The molecule has 0 fully saturated rings. The van der Waals surface area contributed by atoms with E-state index in [2.05, 4.69) is 33.2 Å². The molecule has 0 aliphatic heterocycles. The van der Waals surface area contributed by atoms with E-state index >= 15 is 0 Å². The van der Waals surface area contributed by atoms with E-state index in [0.717, 1.165) is 11.3 Å². The van der Waals surface area contributed by atoms with Crippen LogP contribution in [0.5, 0.6) is 0 Å². The Morgan fingerprint density at radius 3 is 2.88 bits per heavy atom. The van der Waals surface area contributed by atoms with Gasteiger partial charge in [0.05, 0.1) is 0 Å². The number of rotatable bonds is 6. The lowest BCUT2D eigenvalue weighted by atomic mass is 10.2. The zero-order valence-electron chi connectivity index (χ0n) is 17.0. The van der Waals surface area contributed by atoms with Crippen molar-refractivity contribution in [3.8, 4) is 11.4 Å². The van der Waals surface area contributed by atoms with E-state index in [-0.39, 0.29) is 23.9 Å². The lowest BCUT2D eigenvalue weighted by Gasteiger charge is -2.06. The van der Waals surface area contributed by atoms with Crippen molar-refractivity contribution in [1.29, 1.82) is 0 Å². The fraction of sp³-hybridized carbons (Fsp3) is 0.136. The van der Waals surface area contributed by atoms with E-state index < -0.39 is 5.82 Å². The molecule has 8 nitrogen and oxygen atoms in total. The number of aryl methyl sites for hydroxylation is 1. The Morgan fingerprint density at radius 1 is 1.16 bits per heavy atom. The van der Waals surface area contributed by atoms with Crippen LogP contribution in [0.2, 0.25) is 0 Å². The second kappa shape index (κ2) is 8.39. The topological polar surface area (TPSA) is 91.1 Å². The first-order chi connectivity index (χ1) is 15.6. The molecule has 0 aliphatic carbocycles. The fourth-order valence-corrected chi connectivity index (χ4v) is 4.33. The molecule has 3 aromatic heterocycles. The monoisotopic (exact) mass is 448 g/mol. The molecule has 0 unspecified atom stereocenters. The van der Waals surface area contributed by atoms with Gasteiger partial charge in [-0.2, -0.15) is 4.98 Å². The number of aromatic nitrogens is 6. The van der Waals surface area contributed by atoms with Crippen molar-refractivity contribution < 1.29 is 8.91 Å². The molecule has 160 valence electrons. The van der Waals surface area contributed by atoms with Gasteiger partial charge >= 0.3 is 5.69 Å². The summed E-state index contributed by atoms with van der Waals surface area (Å²) in [6.45, 7) is 2.08. The zero-order chi connectivity index (χ0) is 22.1. The zero-order valence-corrected chi connectivity index (χ0v) is 17.8. The van der Waals surface area contributed by atoms with Crippen molar-refractivity contribution in [3.05, 3.63) is 88.7 Å². The fourth-order valence-electron chi connectivity index (χ4n) is 3.29. The maximum atomic E-state index is 13.5. The molecule has 32 heavy (non-hydrogen) atoms. The highest BCUT2D eigenvalue weighted by Gasteiger charge is 2.17. The van der Waals surface area contributed by atoms with Crippen LogP contribution in [0.3, 0.4) is 0 Å². The van der Waals surface area contributed by atoms with Crippen LogP contribution in [0, 0.1) is 5.82 Å². The molecule has 0 N–H and O–H groups in total. The summed E-state index contributed by atoms with van der Waals surface area (Å²) < 4.78 is 21.4. The largest absolute Gasteiger partial charge is 0.350 e. The van der Waals surface area contributed by atoms with Gasteiger partial charge in [-0.05, 0) is 30.2 Å². The first-order valence-corrected chi connectivity index (χ1v) is 10.7. The van der Waals surface area contributed by atoms with Gasteiger partial charge in [-0.3, -0.25) is 0 Å². The highest BCUT2D eigenvalue weighted by molar-refractivity contribution is 7.99. The molecule has 0 amide bonds. The molecule has 0 bridgehead atoms. The van der Waals surface area contributed by atoms with Crippen molar-refractivity contribution in [2.45, 2.75) is 29.8 Å². The first kappa shape index (κ1) is 20.1. The van der Waals surface area contributed by atoms with E-state index in [4.69, 9.17) is 4.52 Å². The van der Waals surface area contributed by atoms with Crippen molar-refractivity contribution in [2.24, 2.45) is 0 Å². The minimum absolute atomic E-state index is 0.0154. The Morgan fingerprint density at radius 2 is 2.03 bits per heavy atom. The number of benzene rings is 2. The molecule has 0 aliphatic rings. The van der Waals surface area contributed by atoms with Crippen molar-refractivity contribution in [1.82, 2.24) is 29.3 Å². The molecule has 0 radical (unpaired) electrons. The quantitative estimate of drug-likeness (QED) is 0.390. The SMILES string of the molecule is CCc1ccccc1Sc1nccn2c(=O)n(Cc3nc(-c4cccc(F)c4)no3)nc12. The van der Waals surface area contributed by atoms with Crippen molar-refractivity contribution in [2.75, 3.05) is 0 Å². The Hall–Kier alpha value is -3.79. The minimum Gasteiger partial charge on any atom is -0.337 e. The molecule has 3 heterocycles. The third-order valence-electron chi connectivity index (χ3n) is 4.87. The van der Waals surface area contributed by atoms with E-state index in [1.165, 1.54) is 38.5 Å². The summed E-state index contributed by atoms with van der Waals surface area (Å²) in [5.41, 5.74) is 1.77. The third-order valence-corrected chi connectivity index (χ3v) is 5.96. The van der Waals surface area contributed by atoms with Crippen LogP contribution in [0.4, 0.5) is 4.39 Å². The van der Waals surface area contributed by atoms with E-state index in [1.54, 1.807) is 24.5 Å². The lowest BCUT2D eigenvalue weighted by Crippen LogP contribution is -2.21. The standard InChI is InChI=1S/C22H17FN6O2S/c1-2-14-6-3-4-9-17(14)32-21-20-26-29(22(30)28(20)11-10-24-21)13-18-25-19(27-31-18)15-7-5-8-16(23)12-15/h3-12H,2,13H2,1H3. The van der Waals surface area contributed by atoms with Gasteiger partial charge in [-0.1, -0.05) is 54.2 Å². The van der Waals surface area contributed by atoms with Gasteiger partial charge < -0.3 is 4.52 Å². The number of halogens is 1. The summed E-state index contributed by atoms with van der Waals surface area (Å²) in [6, 6.07) is 14.0. The van der Waals surface area contributed by atoms with Gasteiger partial charge in [0.25, 0.3) is 0 Å². The van der Waals surface area contributed by atoms with Crippen molar-refractivity contribution >= 4 is 17.4 Å². The first-order valence-electron chi connectivity index (χ1n) is 9.91. The van der Waals surface area contributed by atoms with Gasteiger partial charge in [-0.25, -0.2) is 23.3 Å². The summed E-state index contributed by atoms with van der Waals surface area (Å²) in [5.74, 6) is 0.0336. The van der Waals surface area contributed by atoms with Gasteiger partial charge in [0, 0.05) is 22.9 Å². The second-order valence-electron chi connectivity index (χ2n) is 6.95. The van der Waals surface area contributed by atoms with Crippen LogP contribution >= 0.6 is 11.8 Å². The van der Waals surface area contributed by atoms with Gasteiger partial charge in [-0.15, -0.1) is 5.10 Å². The lowest BCUT2D eigenvalue weighted by molar-refractivity contribution is 0.364. The number of nitrogens with zero attached hydrogens (tertiary/aromatic N) is 6. The average Bonchev–Trinajstić information content (AvgIpc) is 3.40. The Labute approximate surface area is 185 Å². The van der Waals surface area contributed by atoms with E-state index in [0.29, 0.717) is 16.2 Å². The normalized spacial score (nSPS) is 11.3. The minimum atomic E-state index is -0.396. The Balaban J connectivity index is 1.47. The molecular formula is C22H17FN6O2S. The van der Waals surface area contributed by atoms with Gasteiger partial charge in [0.1, 0.15) is 17.4 Å². The Bertz CT molecular complexity index is 1470. The van der Waals surface area contributed by atoms with Crippen LogP contribution in [0.15, 0.2) is 80.2 Å². The molecule has 0 atom stereocenters. The summed E-state index contributed by atoms with van der Waals surface area (Å²) in [4.78, 5) is 22.6. The molecule has 2 aromatic carbocycles. The highest BCUT2D eigenvalue weighted by atomic mass is 32.2. The van der Waals surface area contributed by atoms with Crippen LogP contribution in [-0.2, 0) is 13.0 Å². The highest BCUT2D eigenvalue weighted by Crippen LogP contribution is 2.31. The van der Waals surface area contributed by atoms with E-state index in [9.17, 15) is 9.18 Å². The average molecular weight is 448 g/mol. The molecule has 5 rings (SSSR count). The number of hydrogen-bond acceptors (Lipinski definition) is 7. The predicted molar refractivity (Wildman–Crippen MR) is 116 cm³/mol. The molecule has 10 heteroatoms. The van der Waals surface area contributed by atoms with Crippen molar-refractivity contribution in [3.63, 3.8) is 0 Å². The van der Waals surface area contributed by atoms with Crippen LogP contribution in [0.1, 0.15) is 18.4 Å². The smallest absolute Gasteiger partial charge is 0.337 e. The van der Waals surface area contributed by atoms with Crippen LogP contribution in [-0.4, -0.2) is 29.3 Å². The number of fused-ring (bicyclic) bond motifs is 1. The Kier molecular flexibility index (Phi) is 5.28. The molecule has 0 saturated heterocycles. The molecule has 0 spiro atoms. The molecule has 0 saturated carbocycles. The predicted octanol–water partition coefficient (Wildman–Crippen LogP) is 3.84. The maximum absolute atomic E-state index is 13.5. The van der Waals surface area contributed by atoms with E-state index in [1.807, 2.05) is 18.2 Å². The molecular weight excluding hydrogens is 431 g/mol. The van der Waals surface area contributed by atoms with Gasteiger partial charge in [0.15, 0.2) is 5.65 Å². The summed E-state index contributed by atoms with van der Waals surface area (Å²) in [6.07, 6.45) is 4.04. The summed E-state index contributed by atoms with van der Waals surface area (Å²) >= 11 is 1.47. The third kappa shape index (κ3) is 3.80. The summed E-state index contributed by atoms with van der Waals surface area (Å²) in [7, 11) is 0. The maximum Gasteiger partial charge on any atom is 0.350 e. The number of hydrogen-bond donors (Lipinski definition) is 0. The van der Waals surface area contributed by atoms with Crippen LogP contribution in [0.25, 0.3) is 17.0 Å². The van der Waals surface area contributed by atoms with Crippen LogP contribution < -0.4 is 5.69 Å². The second-order valence-corrected chi connectivity index (χ2v) is 7.98. The van der Waals surface area contributed by atoms with Gasteiger partial charge in [0.2, 0.25) is 11.7 Å².